The molecule has 1 radical (unpaired) electrons. The first-order valence-corrected chi connectivity index (χ1v) is 3.31. The fraction of sp³-hybridized carbons (Fsp3) is 0. The van der Waals surface area contributed by atoms with Gasteiger partial charge in [-0.05, 0) is 18.6 Å². The smallest absolute Gasteiger partial charge is 0.408 e. The minimum absolute atomic E-state index is 0.213. The van der Waals surface area contributed by atoms with Crippen LogP contribution < -0.4 is 5.76 Å². The van der Waals surface area contributed by atoms with E-state index in [2.05, 4.69) is 16.3 Å². The minimum atomic E-state index is -0.588. The number of H-pyrrole nitrogens is 1. The lowest BCUT2D eigenvalue weighted by molar-refractivity contribution is 0.554. The van der Waals surface area contributed by atoms with Gasteiger partial charge in [0.1, 0.15) is 5.82 Å². The number of rotatable bonds is 0. The summed E-state index contributed by atoms with van der Waals surface area (Å²) in [6.45, 7) is 3.43. The van der Waals surface area contributed by atoms with Gasteiger partial charge >= 0.3 is 5.76 Å². The van der Waals surface area contributed by atoms with Crippen molar-refractivity contribution in [2.75, 3.05) is 0 Å². The van der Waals surface area contributed by atoms with Crippen molar-refractivity contribution in [2.45, 2.75) is 0 Å². The molecule has 61 valence electrons. The second-order valence-corrected chi connectivity index (χ2v) is 2.45. The van der Waals surface area contributed by atoms with Gasteiger partial charge < -0.3 is 4.42 Å². The molecule has 2 aromatic rings. The third-order valence-corrected chi connectivity index (χ3v) is 1.59. The Balaban J connectivity index is 2.92. The highest BCUT2D eigenvalue weighted by Gasteiger charge is 2.04. The average molecular weight is 166 g/mol. The first-order chi connectivity index (χ1) is 5.66. The van der Waals surface area contributed by atoms with Crippen molar-refractivity contribution in [2.24, 2.45) is 0 Å². The van der Waals surface area contributed by atoms with Crippen LogP contribution >= 0.6 is 0 Å². The van der Waals surface area contributed by atoms with Gasteiger partial charge in [-0.15, -0.1) is 0 Å². The lowest BCUT2D eigenvalue weighted by atomic mass is 10.2. The van der Waals surface area contributed by atoms with Crippen LogP contribution in [0, 0.1) is 12.7 Å². The first kappa shape index (κ1) is 7.09. The highest BCUT2D eigenvalue weighted by atomic mass is 19.1. The SMILES string of the molecule is [CH2]c1cc2oc(=O)[nH]c2cc1F. The summed E-state index contributed by atoms with van der Waals surface area (Å²) in [7, 11) is 0. The zero-order chi connectivity index (χ0) is 8.72. The summed E-state index contributed by atoms with van der Waals surface area (Å²) in [6, 6.07) is 2.56. The monoisotopic (exact) mass is 166 g/mol. The van der Waals surface area contributed by atoms with Crippen molar-refractivity contribution in [3.05, 3.63) is 41.0 Å². The van der Waals surface area contributed by atoms with E-state index in [-0.39, 0.29) is 5.56 Å². The standard InChI is InChI=1S/C8H5FNO2/c1-4-2-7-6(3-5(4)9)10-8(11)12-7/h2-3H,1H2,(H,10,11). The summed E-state index contributed by atoms with van der Waals surface area (Å²) < 4.78 is 17.5. The van der Waals surface area contributed by atoms with E-state index in [0.29, 0.717) is 11.1 Å². The largest absolute Gasteiger partial charge is 0.417 e. The predicted molar refractivity (Wildman–Crippen MR) is 41.3 cm³/mol. The lowest BCUT2D eigenvalue weighted by Gasteiger charge is -1.92. The summed E-state index contributed by atoms with van der Waals surface area (Å²) >= 11 is 0. The molecule has 1 N–H and O–H groups in total. The predicted octanol–water partition coefficient (Wildman–Crippen LogP) is 1.44. The second-order valence-electron chi connectivity index (χ2n) is 2.45. The molecule has 0 saturated heterocycles. The molecule has 1 heterocycles. The quantitative estimate of drug-likeness (QED) is 0.643. The summed E-state index contributed by atoms with van der Waals surface area (Å²) in [5.41, 5.74) is 0.890. The molecule has 0 unspecified atom stereocenters. The van der Waals surface area contributed by atoms with Gasteiger partial charge in [-0.2, -0.15) is 0 Å². The Morgan fingerprint density at radius 2 is 2.25 bits per heavy atom. The molecule has 12 heavy (non-hydrogen) atoms. The fourth-order valence-corrected chi connectivity index (χ4v) is 1.01. The van der Waals surface area contributed by atoms with Crippen molar-refractivity contribution in [1.29, 1.82) is 0 Å². The van der Waals surface area contributed by atoms with Crippen molar-refractivity contribution in [3.8, 4) is 0 Å². The van der Waals surface area contributed by atoms with E-state index >= 15 is 0 Å². The zero-order valence-electron chi connectivity index (χ0n) is 6.06. The summed E-state index contributed by atoms with van der Waals surface area (Å²) in [4.78, 5) is 13.0. The number of halogens is 1. The maximum Gasteiger partial charge on any atom is 0.417 e. The topological polar surface area (TPSA) is 46.0 Å². The minimum Gasteiger partial charge on any atom is -0.408 e. The van der Waals surface area contributed by atoms with E-state index in [9.17, 15) is 9.18 Å². The molecule has 0 atom stereocenters. The fourth-order valence-electron chi connectivity index (χ4n) is 1.01. The van der Waals surface area contributed by atoms with Crippen molar-refractivity contribution in [3.63, 3.8) is 0 Å². The van der Waals surface area contributed by atoms with Gasteiger partial charge in [0, 0.05) is 6.07 Å². The third-order valence-electron chi connectivity index (χ3n) is 1.59. The van der Waals surface area contributed by atoms with E-state index < -0.39 is 11.6 Å². The number of nitrogens with one attached hydrogen (secondary N) is 1. The van der Waals surface area contributed by atoms with Gasteiger partial charge in [0.2, 0.25) is 0 Å². The molecule has 4 heteroatoms. The van der Waals surface area contributed by atoms with E-state index in [1.807, 2.05) is 0 Å². The Morgan fingerprint density at radius 3 is 3.00 bits per heavy atom. The number of oxazole rings is 1. The average Bonchev–Trinajstić information content (AvgIpc) is 2.30. The first-order valence-electron chi connectivity index (χ1n) is 3.31. The van der Waals surface area contributed by atoms with Crippen LogP contribution in [-0.2, 0) is 0 Å². The van der Waals surface area contributed by atoms with Crippen molar-refractivity contribution < 1.29 is 8.81 Å². The van der Waals surface area contributed by atoms with Crippen molar-refractivity contribution in [1.82, 2.24) is 4.98 Å². The van der Waals surface area contributed by atoms with Crippen LogP contribution in [0.2, 0.25) is 0 Å². The highest BCUT2D eigenvalue weighted by Crippen LogP contribution is 2.14. The third kappa shape index (κ3) is 0.922. The molecule has 0 bridgehead atoms. The van der Waals surface area contributed by atoms with Gasteiger partial charge in [0.25, 0.3) is 0 Å². The number of aromatic amines is 1. The van der Waals surface area contributed by atoms with Crippen LogP contribution in [0.5, 0.6) is 0 Å². The molecule has 2 rings (SSSR count). The number of hydrogen-bond acceptors (Lipinski definition) is 2. The van der Waals surface area contributed by atoms with Gasteiger partial charge in [-0.3, -0.25) is 4.98 Å². The van der Waals surface area contributed by atoms with E-state index in [0.717, 1.165) is 0 Å². The normalized spacial score (nSPS) is 10.8. The molecule has 0 aliphatic rings. The molecule has 3 nitrogen and oxygen atoms in total. The van der Waals surface area contributed by atoms with Gasteiger partial charge in [0.15, 0.2) is 5.58 Å². The number of hydrogen-bond donors (Lipinski definition) is 1. The second kappa shape index (κ2) is 2.20. The highest BCUT2D eigenvalue weighted by molar-refractivity contribution is 5.73. The van der Waals surface area contributed by atoms with Gasteiger partial charge in [-0.25, -0.2) is 9.18 Å². The van der Waals surface area contributed by atoms with Crippen LogP contribution in [0.15, 0.2) is 21.3 Å². The molecule has 0 aliphatic heterocycles. The van der Waals surface area contributed by atoms with Crippen molar-refractivity contribution >= 4 is 11.1 Å². The van der Waals surface area contributed by atoms with E-state index in [1.165, 1.54) is 12.1 Å². The van der Waals surface area contributed by atoms with Gasteiger partial charge in [-0.1, -0.05) is 0 Å². The Kier molecular flexibility index (Phi) is 1.30. The number of benzene rings is 1. The Morgan fingerprint density at radius 1 is 1.50 bits per heavy atom. The Hall–Kier alpha value is -1.58. The molecule has 1 aromatic heterocycles. The molecule has 0 aliphatic carbocycles. The Labute approximate surface area is 66.8 Å². The van der Waals surface area contributed by atoms with E-state index in [4.69, 9.17) is 0 Å². The summed E-state index contributed by atoms with van der Waals surface area (Å²) in [5.74, 6) is -1.05. The van der Waals surface area contributed by atoms with Crippen LogP contribution in [0.25, 0.3) is 11.1 Å². The zero-order valence-corrected chi connectivity index (χ0v) is 6.06. The molecule has 0 amide bonds. The molecular weight excluding hydrogens is 161 g/mol. The maximum absolute atomic E-state index is 12.8. The molecule has 1 aromatic carbocycles. The molecule has 0 spiro atoms. The van der Waals surface area contributed by atoms with Crippen LogP contribution in [0.1, 0.15) is 5.56 Å². The molecule has 0 fully saturated rings. The van der Waals surface area contributed by atoms with E-state index in [1.54, 1.807) is 0 Å². The van der Waals surface area contributed by atoms with Crippen LogP contribution in [0.3, 0.4) is 0 Å². The molecule has 0 saturated carbocycles. The summed E-state index contributed by atoms with van der Waals surface area (Å²) in [6.07, 6.45) is 0. The van der Waals surface area contributed by atoms with Gasteiger partial charge in [0.05, 0.1) is 5.52 Å². The summed E-state index contributed by atoms with van der Waals surface area (Å²) in [5, 5.41) is 0. The van der Waals surface area contributed by atoms with Crippen LogP contribution in [0.4, 0.5) is 4.39 Å². The van der Waals surface area contributed by atoms with Crippen LogP contribution in [-0.4, -0.2) is 4.98 Å². The maximum atomic E-state index is 12.8. The lowest BCUT2D eigenvalue weighted by Crippen LogP contribution is -1.92. The Bertz CT molecular complexity index is 441. The number of aromatic nitrogens is 1. The molecular formula is C8H5FNO2. The number of fused-ring (bicyclic) bond motifs is 1.